The topological polar surface area (TPSA) is 68.5 Å². The van der Waals surface area contributed by atoms with Crippen molar-refractivity contribution in [3.63, 3.8) is 0 Å². The minimum absolute atomic E-state index is 0.00278. The van der Waals surface area contributed by atoms with Gasteiger partial charge in [-0.1, -0.05) is 0 Å². The summed E-state index contributed by atoms with van der Waals surface area (Å²) in [6.45, 7) is 2.45. The third-order valence-electron chi connectivity index (χ3n) is 3.02. The van der Waals surface area contributed by atoms with Crippen LogP contribution in [0, 0.1) is 0 Å². The zero-order chi connectivity index (χ0) is 12.5. The molecule has 0 saturated carbocycles. The number of anilines is 1. The minimum atomic E-state index is -0.00278. The predicted molar refractivity (Wildman–Crippen MR) is 70.8 cm³/mol. The second-order valence-corrected chi connectivity index (χ2v) is 5.17. The van der Waals surface area contributed by atoms with Gasteiger partial charge in [0.25, 0.3) is 5.91 Å². The highest BCUT2D eigenvalue weighted by atomic mass is 32.1. The zero-order valence-corrected chi connectivity index (χ0v) is 10.6. The molecule has 2 N–H and O–H groups in total. The van der Waals surface area contributed by atoms with Gasteiger partial charge in [-0.25, -0.2) is 0 Å². The molecular weight excluding hydrogens is 250 g/mol. The molecule has 0 aromatic carbocycles. The van der Waals surface area contributed by atoms with Crippen molar-refractivity contribution in [3.05, 3.63) is 23.3 Å². The monoisotopic (exact) mass is 263 g/mol. The van der Waals surface area contributed by atoms with Crippen LogP contribution in [0.15, 0.2) is 18.5 Å². The van der Waals surface area contributed by atoms with E-state index in [-0.39, 0.29) is 5.91 Å². The number of aromatic nitrogens is 1. The average Bonchev–Trinajstić information content (AvgIpc) is 2.77. The zero-order valence-electron chi connectivity index (χ0n) is 9.76. The van der Waals surface area contributed by atoms with Crippen LogP contribution in [0.3, 0.4) is 0 Å². The van der Waals surface area contributed by atoms with Crippen molar-refractivity contribution in [1.82, 2.24) is 9.88 Å². The first-order valence-corrected chi connectivity index (χ1v) is 6.58. The maximum atomic E-state index is 12.4. The van der Waals surface area contributed by atoms with Crippen molar-refractivity contribution < 1.29 is 9.53 Å². The Morgan fingerprint density at radius 2 is 2.22 bits per heavy atom. The fraction of sp³-hybridized carbons (Fsp3) is 0.333. The molecule has 2 aromatic heterocycles. The van der Waals surface area contributed by atoms with Crippen molar-refractivity contribution in [1.29, 1.82) is 0 Å². The second kappa shape index (κ2) is 4.55. The first-order chi connectivity index (χ1) is 8.77. The number of carbonyl (C=O) groups is 1. The highest BCUT2D eigenvalue weighted by Crippen LogP contribution is 2.33. The van der Waals surface area contributed by atoms with Gasteiger partial charge in [-0.2, -0.15) is 0 Å². The highest BCUT2D eigenvalue weighted by molar-refractivity contribution is 7.21. The van der Waals surface area contributed by atoms with Crippen LogP contribution in [0.5, 0.6) is 0 Å². The molecule has 94 valence electrons. The summed E-state index contributed by atoms with van der Waals surface area (Å²) in [7, 11) is 0. The average molecular weight is 263 g/mol. The summed E-state index contributed by atoms with van der Waals surface area (Å²) in [4.78, 5) is 18.8. The molecule has 18 heavy (non-hydrogen) atoms. The minimum Gasteiger partial charge on any atom is -0.397 e. The number of nitrogen functional groups attached to an aromatic ring is 1. The predicted octanol–water partition coefficient (Wildman–Crippen LogP) is 1.35. The quantitative estimate of drug-likeness (QED) is 0.843. The van der Waals surface area contributed by atoms with Gasteiger partial charge in [-0.3, -0.25) is 9.78 Å². The van der Waals surface area contributed by atoms with E-state index in [1.54, 1.807) is 17.3 Å². The fourth-order valence-corrected chi connectivity index (χ4v) is 3.10. The number of nitrogens with zero attached hydrogens (tertiary/aromatic N) is 2. The lowest BCUT2D eigenvalue weighted by Crippen LogP contribution is -2.40. The number of ether oxygens (including phenoxy) is 1. The number of rotatable bonds is 1. The second-order valence-electron chi connectivity index (χ2n) is 4.12. The summed E-state index contributed by atoms with van der Waals surface area (Å²) in [6, 6.07) is 1.84. The maximum Gasteiger partial charge on any atom is 0.266 e. The lowest BCUT2D eigenvalue weighted by atomic mass is 10.2. The Bertz CT molecular complexity index is 590. The van der Waals surface area contributed by atoms with Gasteiger partial charge in [0.2, 0.25) is 0 Å². The van der Waals surface area contributed by atoms with Gasteiger partial charge in [0, 0.05) is 30.9 Å². The summed E-state index contributed by atoms with van der Waals surface area (Å²) >= 11 is 1.41. The van der Waals surface area contributed by atoms with E-state index < -0.39 is 0 Å². The Morgan fingerprint density at radius 1 is 1.44 bits per heavy atom. The number of amides is 1. The van der Waals surface area contributed by atoms with Crippen LogP contribution in [0.25, 0.3) is 10.1 Å². The van der Waals surface area contributed by atoms with Gasteiger partial charge in [-0.05, 0) is 6.07 Å². The summed E-state index contributed by atoms with van der Waals surface area (Å²) in [5.41, 5.74) is 6.61. The van der Waals surface area contributed by atoms with E-state index in [0.717, 1.165) is 10.1 Å². The van der Waals surface area contributed by atoms with Crippen LogP contribution >= 0.6 is 11.3 Å². The summed E-state index contributed by atoms with van der Waals surface area (Å²) < 4.78 is 6.19. The standard InChI is InChI=1S/C12H13N3O2S/c13-10-8-1-2-14-7-9(8)18-11(10)12(16)15-3-5-17-6-4-15/h1-2,7H,3-6,13H2. The Labute approximate surface area is 108 Å². The molecule has 0 radical (unpaired) electrons. The summed E-state index contributed by atoms with van der Waals surface area (Å²) in [5.74, 6) is -0.00278. The molecule has 0 bridgehead atoms. The van der Waals surface area contributed by atoms with Gasteiger partial charge < -0.3 is 15.4 Å². The van der Waals surface area contributed by atoms with Gasteiger partial charge in [0.15, 0.2) is 0 Å². The van der Waals surface area contributed by atoms with E-state index in [4.69, 9.17) is 10.5 Å². The molecule has 5 nitrogen and oxygen atoms in total. The highest BCUT2D eigenvalue weighted by Gasteiger charge is 2.23. The van der Waals surface area contributed by atoms with Crippen molar-refractivity contribution in [2.24, 2.45) is 0 Å². The van der Waals surface area contributed by atoms with Crippen molar-refractivity contribution in [2.75, 3.05) is 32.0 Å². The van der Waals surface area contributed by atoms with E-state index in [0.29, 0.717) is 36.9 Å². The molecule has 0 atom stereocenters. The van der Waals surface area contributed by atoms with E-state index in [1.807, 2.05) is 6.07 Å². The molecule has 1 fully saturated rings. The molecule has 1 saturated heterocycles. The number of hydrogen-bond acceptors (Lipinski definition) is 5. The van der Waals surface area contributed by atoms with Crippen LogP contribution in [-0.4, -0.2) is 42.1 Å². The molecule has 6 heteroatoms. The summed E-state index contributed by atoms with van der Waals surface area (Å²) in [6.07, 6.45) is 3.43. The number of carbonyl (C=O) groups excluding carboxylic acids is 1. The van der Waals surface area contributed by atoms with E-state index in [9.17, 15) is 4.79 Å². The van der Waals surface area contributed by atoms with E-state index in [1.165, 1.54) is 11.3 Å². The third-order valence-corrected chi connectivity index (χ3v) is 4.17. The number of pyridine rings is 1. The summed E-state index contributed by atoms with van der Waals surface area (Å²) in [5, 5.41) is 0.909. The van der Waals surface area contributed by atoms with Crippen LogP contribution in [0.2, 0.25) is 0 Å². The molecule has 0 aliphatic carbocycles. The molecule has 1 aliphatic heterocycles. The largest absolute Gasteiger partial charge is 0.397 e. The van der Waals surface area contributed by atoms with Crippen LogP contribution in [-0.2, 0) is 4.74 Å². The molecule has 3 heterocycles. The lowest BCUT2D eigenvalue weighted by molar-refractivity contribution is 0.0307. The van der Waals surface area contributed by atoms with Crippen LogP contribution in [0.4, 0.5) is 5.69 Å². The van der Waals surface area contributed by atoms with Gasteiger partial charge in [0.05, 0.1) is 23.6 Å². The van der Waals surface area contributed by atoms with E-state index >= 15 is 0 Å². The molecule has 2 aromatic rings. The van der Waals surface area contributed by atoms with E-state index in [2.05, 4.69) is 4.98 Å². The number of fused-ring (bicyclic) bond motifs is 1. The molecular formula is C12H13N3O2S. The Balaban J connectivity index is 1.98. The number of nitrogens with two attached hydrogens (primary N) is 1. The molecule has 0 spiro atoms. The molecule has 0 unspecified atom stereocenters. The Morgan fingerprint density at radius 3 is 2.94 bits per heavy atom. The van der Waals surface area contributed by atoms with Crippen molar-refractivity contribution in [3.8, 4) is 0 Å². The normalized spacial score (nSPS) is 16.1. The number of morpholine rings is 1. The first kappa shape index (κ1) is 11.4. The molecule has 3 rings (SSSR count). The van der Waals surface area contributed by atoms with Crippen molar-refractivity contribution in [2.45, 2.75) is 0 Å². The molecule has 1 aliphatic rings. The fourth-order valence-electron chi connectivity index (χ4n) is 2.04. The van der Waals surface area contributed by atoms with Gasteiger partial charge in [-0.15, -0.1) is 11.3 Å². The number of thiophene rings is 1. The molecule has 1 amide bonds. The van der Waals surface area contributed by atoms with Crippen LogP contribution < -0.4 is 5.73 Å². The number of hydrogen-bond donors (Lipinski definition) is 1. The Kier molecular flexibility index (Phi) is 2.89. The lowest BCUT2D eigenvalue weighted by Gasteiger charge is -2.26. The SMILES string of the molecule is Nc1c(C(=O)N2CCOCC2)sc2cnccc12. The van der Waals surface area contributed by atoms with Crippen molar-refractivity contribution >= 4 is 33.0 Å². The van der Waals surface area contributed by atoms with Crippen LogP contribution in [0.1, 0.15) is 9.67 Å². The van der Waals surface area contributed by atoms with Gasteiger partial charge >= 0.3 is 0 Å². The maximum absolute atomic E-state index is 12.4. The Hall–Kier alpha value is -1.66. The first-order valence-electron chi connectivity index (χ1n) is 5.76. The third kappa shape index (κ3) is 1.83. The smallest absolute Gasteiger partial charge is 0.266 e. The van der Waals surface area contributed by atoms with Gasteiger partial charge in [0.1, 0.15) is 4.88 Å².